The average Bonchev–Trinajstić information content (AvgIpc) is 3.71. The first-order valence-corrected chi connectivity index (χ1v) is 17.2. The molecule has 0 spiro atoms. The maximum absolute atomic E-state index is 2.50. The van der Waals surface area contributed by atoms with E-state index in [9.17, 15) is 0 Å². The summed E-state index contributed by atoms with van der Waals surface area (Å²) in [6, 6.07) is 70.5. The number of aromatic nitrogens is 2. The molecule has 0 saturated carbocycles. The van der Waals surface area contributed by atoms with Crippen LogP contribution in [0, 0.1) is 0 Å². The number of nitrogens with zero attached hydrogens (tertiary/aromatic N) is 2. The van der Waals surface area contributed by atoms with Gasteiger partial charge in [0.05, 0.1) is 33.4 Å². The Labute approximate surface area is 290 Å². The summed E-state index contributed by atoms with van der Waals surface area (Å²) in [6.07, 6.45) is 0. The van der Waals surface area contributed by atoms with Gasteiger partial charge in [-0.05, 0) is 47.0 Å². The van der Waals surface area contributed by atoms with E-state index in [1.54, 1.807) is 0 Å². The number of hydrogen-bond donors (Lipinski definition) is 0. The van der Waals surface area contributed by atoms with Crippen LogP contribution < -0.4 is 0 Å². The van der Waals surface area contributed by atoms with Gasteiger partial charge in [0.2, 0.25) is 0 Å². The van der Waals surface area contributed by atoms with E-state index in [2.05, 4.69) is 203 Å². The van der Waals surface area contributed by atoms with Gasteiger partial charge in [0.25, 0.3) is 0 Å². The van der Waals surface area contributed by atoms with Crippen molar-refractivity contribution in [2.75, 3.05) is 0 Å². The van der Waals surface area contributed by atoms with Gasteiger partial charge in [-0.3, -0.25) is 0 Å². The predicted molar refractivity (Wildman–Crippen MR) is 211 cm³/mol. The molecular weight excluding hydrogens is 605 g/mol. The van der Waals surface area contributed by atoms with Crippen LogP contribution in [-0.4, -0.2) is 9.13 Å². The van der Waals surface area contributed by atoms with Crippen molar-refractivity contribution in [3.8, 4) is 44.8 Å². The molecule has 0 unspecified atom stereocenters. The van der Waals surface area contributed by atoms with Crippen molar-refractivity contribution in [1.29, 1.82) is 0 Å². The third kappa shape index (κ3) is 4.29. The molecule has 50 heavy (non-hydrogen) atoms. The Kier molecular flexibility index (Phi) is 6.53. The van der Waals surface area contributed by atoms with Crippen LogP contribution in [0.3, 0.4) is 0 Å². The Morgan fingerprint density at radius 1 is 0.260 bits per heavy atom. The van der Waals surface area contributed by atoms with E-state index in [0.717, 1.165) is 5.69 Å². The van der Waals surface area contributed by atoms with E-state index in [4.69, 9.17) is 0 Å². The van der Waals surface area contributed by atoms with Gasteiger partial charge in [-0.2, -0.15) is 0 Å². The zero-order chi connectivity index (χ0) is 33.0. The van der Waals surface area contributed by atoms with Gasteiger partial charge in [0.15, 0.2) is 0 Å². The summed E-state index contributed by atoms with van der Waals surface area (Å²) in [5, 5.41) is 4.99. The summed E-state index contributed by atoms with van der Waals surface area (Å²) in [5.41, 5.74) is 14.2. The fourth-order valence-electron chi connectivity index (χ4n) is 8.05. The molecule has 2 aromatic heterocycles. The van der Waals surface area contributed by atoms with Crippen LogP contribution in [0.25, 0.3) is 88.4 Å². The quantitative estimate of drug-likeness (QED) is 0.178. The highest BCUT2D eigenvalue weighted by Crippen LogP contribution is 2.47. The van der Waals surface area contributed by atoms with E-state index in [-0.39, 0.29) is 0 Å². The SMILES string of the molecule is c1ccc(-c2cccc(-n3c4ccccc4c4ccccc43)c2-c2cccc(-c3ccccc3)c2-n2c3ccccc3c3ccccc32)cc1. The van der Waals surface area contributed by atoms with Crippen LogP contribution in [-0.2, 0) is 0 Å². The van der Waals surface area contributed by atoms with E-state index < -0.39 is 0 Å². The van der Waals surface area contributed by atoms with Crippen LogP contribution in [0.1, 0.15) is 0 Å². The van der Waals surface area contributed by atoms with Gasteiger partial charge < -0.3 is 9.13 Å². The van der Waals surface area contributed by atoms with Gasteiger partial charge >= 0.3 is 0 Å². The molecule has 0 fully saturated rings. The second-order valence-corrected chi connectivity index (χ2v) is 12.9. The first-order valence-electron chi connectivity index (χ1n) is 17.2. The van der Waals surface area contributed by atoms with Crippen molar-refractivity contribution >= 4 is 43.6 Å². The lowest BCUT2D eigenvalue weighted by molar-refractivity contribution is 1.16. The second kappa shape index (κ2) is 11.5. The predicted octanol–water partition coefficient (Wildman–Crippen LogP) is 12.9. The topological polar surface area (TPSA) is 9.86 Å². The van der Waals surface area contributed by atoms with E-state index >= 15 is 0 Å². The third-order valence-corrected chi connectivity index (χ3v) is 10.1. The number of rotatable bonds is 5. The number of para-hydroxylation sites is 5. The van der Waals surface area contributed by atoms with Crippen LogP contribution in [0.15, 0.2) is 194 Å². The number of benzene rings is 8. The standard InChI is InChI=1S/C48H32N2/c1-3-17-33(18-4-1)35-25-16-32-46(49-42-28-11-7-21-37(42)38-22-8-12-29-43(38)49)47(35)41-27-15-26-36(34-19-5-2-6-20-34)48(41)50-44-30-13-9-23-39(44)40-24-10-14-31-45(40)50/h1-32H. The van der Waals surface area contributed by atoms with Gasteiger partial charge in [-0.15, -0.1) is 0 Å². The Hall–Kier alpha value is -6.64. The molecule has 10 rings (SSSR count). The van der Waals surface area contributed by atoms with Crippen molar-refractivity contribution in [1.82, 2.24) is 9.13 Å². The van der Waals surface area contributed by atoms with Crippen LogP contribution >= 0.6 is 0 Å². The first-order chi connectivity index (χ1) is 24.9. The molecule has 0 atom stereocenters. The highest BCUT2D eigenvalue weighted by Gasteiger charge is 2.24. The molecule has 0 amide bonds. The Morgan fingerprint density at radius 2 is 0.640 bits per heavy atom. The zero-order valence-corrected chi connectivity index (χ0v) is 27.4. The van der Waals surface area contributed by atoms with E-state index in [1.807, 2.05) is 0 Å². The van der Waals surface area contributed by atoms with Crippen molar-refractivity contribution in [2.45, 2.75) is 0 Å². The molecule has 2 heteroatoms. The Bertz CT molecular complexity index is 2750. The van der Waals surface area contributed by atoms with Crippen molar-refractivity contribution in [3.05, 3.63) is 194 Å². The normalized spacial score (nSPS) is 11.6. The maximum Gasteiger partial charge on any atom is 0.0619 e. The molecular formula is C48H32N2. The maximum atomic E-state index is 2.50. The monoisotopic (exact) mass is 636 g/mol. The van der Waals surface area contributed by atoms with E-state index in [1.165, 1.54) is 82.7 Å². The molecule has 0 N–H and O–H groups in total. The number of fused-ring (bicyclic) bond motifs is 6. The molecule has 0 aliphatic rings. The molecule has 0 radical (unpaired) electrons. The molecule has 8 aromatic carbocycles. The Balaban J connectivity index is 1.42. The molecule has 10 aromatic rings. The minimum absolute atomic E-state index is 1.15. The lowest BCUT2D eigenvalue weighted by Crippen LogP contribution is -2.04. The molecule has 2 heterocycles. The molecule has 0 saturated heterocycles. The fourth-order valence-corrected chi connectivity index (χ4v) is 8.05. The zero-order valence-electron chi connectivity index (χ0n) is 27.4. The lowest BCUT2D eigenvalue weighted by atomic mass is 9.89. The van der Waals surface area contributed by atoms with Crippen LogP contribution in [0.4, 0.5) is 0 Å². The van der Waals surface area contributed by atoms with Gasteiger partial charge in [-0.25, -0.2) is 0 Å². The molecule has 2 nitrogen and oxygen atoms in total. The number of hydrogen-bond acceptors (Lipinski definition) is 0. The summed E-state index contributed by atoms with van der Waals surface area (Å²) in [6.45, 7) is 0. The van der Waals surface area contributed by atoms with Gasteiger partial charge in [0, 0.05) is 38.2 Å². The second-order valence-electron chi connectivity index (χ2n) is 12.9. The molecule has 0 aliphatic carbocycles. The van der Waals surface area contributed by atoms with Crippen LogP contribution in [0.5, 0.6) is 0 Å². The minimum atomic E-state index is 1.15. The van der Waals surface area contributed by atoms with E-state index in [0.29, 0.717) is 0 Å². The molecule has 234 valence electrons. The average molecular weight is 637 g/mol. The van der Waals surface area contributed by atoms with Gasteiger partial charge in [0.1, 0.15) is 0 Å². The van der Waals surface area contributed by atoms with Crippen molar-refractivity contribution in [3.63, 3.8) is 0 Å². The first kappa shape index (κ1) is 28.4. The summed E-state index contributed by atoms with van der Waals surface area (Å²) in [7, 11) is 0. The van der Waals surface area contributed by atoms with Crippen molar-refractivity contribution < 1.29 is 0 Å². The largest absolute Gasteiger partial charge is 0.309 e. The van der Waals surface area contributed by atoms with Crippen molar-refractivity contribution in [2.24, 2.45) is 0 Å². The molecule has 0 aliphatic heterocycles. The highest BCUT2D eigenvalue weighted by atomic mass is 15.0. The summed E-state index contributed by atoms with van der Waals surface area (Å²) < 4.78 is 4.97. The fraction of sp³-hybridized carbons (Fsp3) is 0. The third-order valence-electron chi connectivity index (χ3n) is 10.1. The van der Waals surface area contributed by atoms with Crippen LogP contribution in [0.2, 0.25) is 0 Å². The summed E-state index contributed by atoms with van der Waals surface area (Å²) >= 11 is 0. The summed E-state index contributed by atoms with van der Waals surface area (Å²) in [4.78, 5) is 0. The van der Waals surface area contributed by atoms with Gasteiger partial charge in [-0.1, -0.05) is 164 Å². The lowest BCUT2D eigenvalue weighted by Gasteiger charge is -2.24. The Morgan fingerprint density at radius 3 is 1.16 bits per heavy atom. The smallest absolute Gasteiger partial charge is 0.0619 e. The highest BCUT2D eigenvalue weighted by molar-refractivity contribution is 6.13. The molecule has 0 bridgehead atoms. The summed E-state index contributed by atoms with van der Waals surface area (Å²) in [5.74, 6) is 0. The minimum Gasteiger partial charge on any atom is -0.309 e.